The number of hydrogen-bond donors (Lipinski definition) is 0. The molecule has 5 fully saturated rings. The van der Waals surface area contributed by atoms with Crippen molar-refractivity contribution in [1.29, 1.82) is 0 Å². The molecule has 0 spiro atoms. The molecule has 0 amide bonds. The van der Waals surface area contributed by atoms with Crippen LogP contribution in [0.2, 0.25) is 36.3 Å². The van der Waals surface area contributed by atoms with Crippen molar-refractivity contribution in [3.8, 4) is 0 Å². The van der Waals surface area contributed by atoms with Gasteiger partial charge in [-0.3, -0.25) is 0 Å². The number of hydrogen-bond acceptors (Lipinski definition) is 9. The Morgan fingerprint density at radius 1 is 0.296 bits per heavy atom. The first-order valence-electron chi connectivity index (χ1n) is 10.0. The molecule has 27 heavy (non-hydrogen) atoms. The van der Waals surface area contributed by atoms with Crippen LogP contribution in [0.25, 0.3) is 0 Å². The fourth-order valence-electron chi connectivity index (χ4n) is 3.81. The average Bonchev–Trinajstić information content (AvgIpc) is 2.66. The van der Waals surface area contributed by atoms with Gasteiger partial charge in [0.1, 0.15) is 0 Å². The maximum absolute atomic E-state index is 6.72. The summed E-state index contributed by atoms with van der Waals surface area (Å²) in [7, 11) is -18.7. The van der Waals surface area contributed by atoms with Gasteiger partial charge in [-0.05, 0) is 0 Å². The summed E-state index contributed by atoms with van der Waals surface area (Å²) in [6.07, 6.45) is 0. The van der Waals surface area contributed by atoms with Crippen molar-refractivity contribution in [2.75, 3.05) is 0 Å². The van der Waals surface area contributed by atoms with Crippen molar-refractivity contribution in [3.05, 3.63) is 0 Å². The average molecular weight is 487 g/mol. The Bertz CT molecular complexity index is 467. The van der Waals surface area contributed by atoms with Crippen LogP contribution < -0.4 is 0 Å². The maximum atomic E-state index is 6.72. The molecule has 0 aromatic rings. The van der Waals surface area contributed by atoms with E-state index in [0.717, 1.165) is 0 Å². The lowest BCUT2D eigenvalue weighted by atomic mass is 11.0. The molecule has 156 valence electrons. The zero-order valence-electron chi connectivity index (χ0n) is 16.9. The molecule has 5 rings (SSSR count). The third kappa shape index (κ3) is 3.15. The van der Waals surface area contributed by atoms with Crippen molar-refractivity contribution < 1.29 is 37.0 Å². The maximum Gasteiger partial charge on any atom is 0.478 e. The molecule has 0 aromatic carbocycles. The normalized spacial score (nSPS) is 54.0. The Kier molecular flexibility index (Phi) is 5.27. The van der Waals surface area contributed by atoms with Crippen LogP contribution in [0.5, 0.6) is 0 Å². The highest BCUT2D eigenvalue weighted by Gasteiger charge is 2.81. The van der Waals surface area contributed by atoms with Gasteiger partial charge < -0.3 is 37.0 Å². The lowest BCUT2D eigenvalue weighted by Gasteiger charge is -2.63. The molecule has 0 radical (unpaired) electrons. The van der Waals surface area contributed by atoms with Gasteiger partial charge in [-0.25, -0.2) is 0 Å². The third-order valence-electron chi connectivity index (χ3n) is 5.40. The molecule has 0 aliphatic carbocycles. The molecule has 0 N–H and O–H groups in total. The molecule has 5 heterocycles. The van der Waals surface area contributed by atoms with E-state index in [1.54, 1.807) is 0 Å². The van der Waals surface area contributed by atoms with Crippen molar-refractivity contribution >= 4 is 52.8 Å². The van der Waals surface area contributed by atoms with Crippen LogP contribution in [0.3, 0.4) is 0 Å². The van der Waals surface area contributed by atoms with Gasteiger partial charge in [0.05, 0.1) is 0 Å². The molecule has 5 aliphatic rings. The molecule has 0 unspecified atom stereocenters. The molecule has 5 aliphatic heterocycles. The van der Waals surface area contributed by atoms with Crippen LogP contribution in [-0.2, 0) is 37.0 Å². The Balaban J connectivity index is 1.95. The fourth-order valence-corrected chi connectivity index (χ4v) is 41.0. The van der Waals surface area contributed by atoms with E-state index in [2.05, 4.69) is 0 Å². The summed E-state index contributed by atoms with van der Waals surface area (Å²) in [6, 6.07) is 3.64. The first-order valence-corrected chi connectivity index (χ1v) is 21.6. The summed E-state index contributed by atoms with van der Waals surface area (Å²) in [4.78, 5) is 0. The summed E-state index contributed by atoms with van der Waals surface area (Å²) < 4.78 is 59.6. The van der Waals surface area contributed by atoms with E-state index in [4.69, 9.17) is 37.0 Å². The van der Waals surface area contributed by atoms with Gasteiger partial charge in [0.2, 0.25) is 0 Å². The lowest BCUT2D eigenvalue weighted by Crippen LogP contribution is -2.88. The molecule has 0 saturated carbocycles. The van der Waals surface area contributed by atoms with Crippen molar-refractivity contribution in [1.82, 2.24) is 0 Å². The highest BCUT2D eigenvalue weighted by Crippen LogP contribution is 2.52. The second-order valence-corrected chi connectivity index (χ2v) is 26.9. The summed E-state index contributed by atoms with van der Waals surface area (Å²) in [5.74, 6) is 0. The van der Waals surface area contributed by atoms with E-state index in [1.165, 1.54) is 0 Å². The zero-order valence-corrected chi connectivity index (χ0v) is 22.9. The summed E-state index contributed by atoms with van der Waals surface area (Å²) in [5, 5.41) is 0. The predicted molar refractivity (Wildman–Crippen MR) is 107 cm³/mol. The third-order valence-corrected chi connectivity index (χ3v) is 33.0. The Labute approximate surface area is 167 Å². The van der Waals surface area contributed by atoms with Crippen LogP contribution in [0.15, 0.2) is 0 Å². The fraction of sp³-hybridized carbons (Fsp3) is 1.00. The highest BCUT2D eigenvalue weighted by atomic mass is 28.6. The van der Waals surface area contributed by atoms with Crippen LogP contribution in [0.1, 0.15) is 41.5 Å². The SMILES string of the molecule is CC[Si]12O[Si]3(CC)O[Si](CC)(O1)O[Si]1(CC)O[Si](CC)(O[Si](CC)(O1)O3)O2. The zero-order chi connectivity index (χ0) is 19.6. The quantitative estimate of drug-likeness (QED) is 0.526. The van der Waals surface area contributed by atoms with Gasteiger partial charge in [-0.2, -0.15) is 0 Å². The van der Waals surface area contributed by atoms with Crippen molar-refractivity contribution in [3.63, 3.8) is 0 Å². The van der Waals surface area contributed by atoms with Gasteiger partial charge in [0, 0.05) is 36.3 Å². The minimum Gasteiger partial charge on any atom is -0.373 e. The molecule has 15 heteroatoms. The summed E-state index contributed by atoms with van der Waals surface area (Å²) >= 11 is 0. The molecule has 5 saturated heterocycles. The smallest absolute Gasteiger partial charge is 0.373 e. The van der Waals surface area contributed by atoms with Gasteiger partial charge in [-0.1, -0.05) is 41.5 Å². The first kappa shape index (κ1) is 21.2. The van der Waals surface area contributed by atoms with Crippen molar-refractivity contribution in [2.45, 2.75) is 77.8 Å². The van der Waals surface area contributed by atoms with E-state index in [9.17, 15) is 0 Å². The van der Waals surface area contributed by atoms with Gasteiger partial charge in [0.15, 0.2) is 0 Å². The first-order chi connectivity index (χ1) is 12.7. The molecular weight excluding hydrogens is 457 g/mol. The molecule has 9 nitrogen and oxygen atoms in total. The summed E-state index contributed by atoms with van der Waals surface area (Å²) in [6.45, 7) is 12.1. The number of rotatable bonds is 6. The van der Waals surface area contributed by atoms with E-state index < -0.39 is 52.8 Å². The van der Waals surface area contributed by atoms with E-state index >= 15 is 0 Å². The van der Waals surface area contributed by atoms with Crippen LogP contribution in [0.4, 0.5) is 0 Å². The standard InChI is InChI=1S/C12H30O9Si6/c1-7-22-13-23(8-2)15-24(9-3,14-22)21-27(12-6)17-25(10-4,19-22)16-26(11-5,18-27)20-23/h7-12H2,1-6H3. The van der Waals surface area contributed by atoms with Crippen LogP contribution in [-0.4, -0.2) is 52.8 Å². The summed E-state index contributed by atoms with van der Waals surface area (Å²) in [5.41, 5.74) is 0. The predicted octanol–water partition coefficient (Wildman–Crippen LogP) is 2.94. The second kappa shape index (κ2) is 6.72. The molecule has 0 atom stereocenters. The Morgan fingerprint density at radius 2 is 0.407 bits per heavy atom. The van der Waals surface area contributed by atoms with Gasteiger partial charge in [-0.15, -0.1) is 0 Å². The van der Waals surface area contributed by atoms with E-state index in [-0.39, 0.29) is 0 Å². The minimum absolute atomic E-state index is 0.607. The monoisotopic (exact) mass is 486 g/mol. The minimum atomic E-state index is -3.12. The largest absolute Gasteiger partial charge is 0.478 e. The second-order valence-electron chi connectivity index (χ2n) is 7.14. The topological polar surface area (TPSA) is 83.1 Å². The molecule has 0 aromatic heterocycles. The molecular formula is C12H30O9Si6. The van der Waals surface area contributed by atoms with E-state index in [0.29, 0.717) is 36.3 Å². The highest BCUT2D eigenvalue weighted by molar-refractivity contribution is 7.02. The van der Waals surface area contributed by atoms with Crippen molar-refractivity contribution in [2.24, 2.45) is 0 Å². The van der Waals surface area contributed by atoms with Gasteiger partial charge >= 0.3 is 52.8 Å². The van der Waals surface area contributed by atoms with Gasteiger partial charge in [0.25, 0.3) is 0 Å². The van der Waals surface area contributed by atoms with Crippen LogP contribution >= 0.6 is 0 Å². The van der Waals surface area contributed by atoms with Crippen LogP contribution in [0, 0.1) is 0 Å². The lowest BCUT2D eigenvalue weighted by molar-refractivity contribution is -0.0297. The Morgan fingerprint density at radius 3 is 0.481 bits per heavy atom. The van der Waals surface area contributed by atoms with E-state index in [1.807, 2.05) is 41.5 Å². The Hall–Kier alpha value is 0.941. The molecule has 6 bridgehead atoms.